The molecule has 1 aliphatic heterocycles. The highest BCUT2D eigenvalue weighted by Crippen LogP contribution is 2.56. The van der Waals surface area contributed by atoms with E-state index in [0.29, 0.717) is 11.8 Å². The number of halogens is 1. The lowest BCUT2D eigenvalue weighted by Gasteiger charge is -2.31. The maximum absolute atomic E-state index is 12.4. The Hall–Kier alpha value is -0.0500. The van der Waals surface area contributed by atoms with Gasteiger partial charge in [-0.05, 0) is 43.4 Å². The smallest absolute Gasteiger partial charge is 0.226 e. The van der Waals surface area contributed by atoms with E-state index in [9.17, 15) is 4.79 Å². The molecule has 1 heterocycles. The lowest BCUT2D eigenvalue weighted by Crippen LogP contribution is -2.40. The van der Waals surface area contributed by atoms with E-state index < -0.39 is 0 Å². The monoisotopic (exact) mass is 299 g/mol. The van der Waals surface area contributed by atoms with E-state index >= 15 is 0 Å². The molecule has 3 heteroatoms. The predicted molar refractivity (Wildman–Crippen MR) is 72.0 cm³/mol. The van der Waals surface area contributed by atoms with Gasteiger partial charge in [0.2, 0.25) is 5.91 Å². The summed E-state index contributed by atoms with van der Waals surface area (Å²) in [5.74, 6) is 3.25. The van der Waals surface area contributed by atoms with Gasteiger partial charge in [0.15, 0.2) is 0 Å². The first kappa shape index (κ1) is 12.0. The number of alkyl halides is 1. The molecule has 2 saturated carbocycles. The van der Waals surface area contributed by atoms with Gasteiger partial charge in [-0.25, -0.2) is 0 Å². The Morgan fingerprint density at radius 1 is 1.06 bits per heavy atom. The summed E-state index contributed by atoms with van der Waals surface area (Å²) in [7, 11) is 0. The zero-order valence-corrected chi connectivity index (χ0v) is 12.0. The SMILES string of the molecule is O=C(C1C2CCCCC21)N1CCC(CBr)CC1. The van der Waals surface area contributed by atoms with Gasteiger partial charge in [0, 0.05) is 24.3 Å². The van der Waals surface area contributed by atoms with Crippen molar-refractivity contribution in [2.45, 2.75) is 38.5 Å². The molecule has 0 N–H and O–H groups in total. The third-order valence-corrected chi connectivity index (χ3v) is 6.00. The second kappa shape index (κ2) is 4.91. The van der Waals surface area contributed by atoms with E-state index in [-0.39, 0.29) is 0 Å². The highest BCUT2D eigenvalue weighted by Gasteiger charge is 2.55. The van der Waals surface area contributed by atoms with Gasteiger partial charge in [0.05, 0.1) is 0 Å². The molecule has 1 amide bonds. The van der Waals surface area contributed by atoms with Crippen molar-refractivity contribution < 1.29 is 4.79 Å². The third-order valence-electron chi connectivity index (χ3n) is 5.09. The first-order chi connectivity index (χ1) is 8.31. The molecule has 3 rings (SSSR count). The number of carbonyl (C=O) groups is 1. The van der Waals surface area contributed by atoms with Gasteiger partial charge in [0.1, 0.15) is 0 Å². The van der Waals surface area contributed by atoms with Crippen molar-refractivity contribution in [2.24, 2.45) is 23.7 Å². The van der Waals surface area contributed by atoms with Gasteiger partial charge < -0.3 is 4.90 Å². The van der Waals surface area contributed by atoms with Crippen LogP contribution in [0.25, 0.3) is 0 Å². The average Bonchev–Trinajstić information content (AvgIpc) is 3.12. The number of piperidine rings is 1. The fourth-order valence-corrected chi connectivity index (χ4v) is 4.52. The Balaban J connectivity index is 1.54. The van der Waals surface area contributed by atoms with Crippen LogP contribution in [0.3, 0.4) is 0 Å². The number of hydrogen-bond donors (Lipinski definition) is 0. The number of rotatable bonds is 2. The maximum atomic E-state index is 12.4. The number of carbonyl (C=O) groups excluding carboxylic acids is 1. The highest BCUT2D eigenvalue weighted by atomic mass is 79.9. The molecule has 3 fully saturated rings. The normalized spacial score (nSPS) is 37.7. The molecule has 0 aromatic rings. The second-order valence-electron chi connectivity index (χ2n) is 6.06. The van der Waals surface area contributed by atoms with Crippen LogP contribution < -0.4 is 0 Å². The van der Waals surface area contributed by atoms with Crippen LogP contribution in [0.4, 0.5) is 0 Å². The Morgan fingerprint density at radius 2 is 1.65 bits per heavy atom. The molecule has 1 saturated heterocycles. The fourth-order valence-electron chi connectivity index (χ4n) is 3.88. The van der Waals surface area contributed by atoms with Gasteiger partial charge in [-0.15, -0.1) is 0 Å². The molecule has 0 radical (unpaired) electrons. The standard InChI is InChI=1S/C14H22BrNO/c15-9-10-5-7-16(8-6-10)14(17)13-11-3-1-2-4-12(11)13/h10-13H,1-9H2. The zero-order chi connectivity index (χ0) is 11.8. The molecule has 2 aliphatic carbocycles. The van der Waals surface area contributed by atoms with Gasteiger partial charge in [0.25, 0.3) is 0 Å². The number of likely N-dealkylation sites (tertiary alicyclic amines) is 1. The molecule has 0 aromatic heterocycles. The summed E-state index contributed by atoms with van der Waals surface area (Å²) in [4.78, 5) is 14.6. The largest absolute Gasteiger partial charge is 0.342 e. The van der Waals surface area contributed by atoms with E-state index in [0.717, 1.165) is 36.2 Å². The van der Waals surface area contributed by atoms with Crippen LogP contribution in [-0.4, -0.2) is 29.2 Å². The van der Waals surface area contributed by atoms with E-state index in [1.807, 2.05) is 0 Å². The van der Waals surface area contributed by atoms with E-state index in [1.165, 1.54) is 38.5 Å². The Kier molecular flexibility index (Phi) is 3.47. The quantitative estimate of drug-likeness (QED) is 0.718. The Labute approximate surface area is 112 Å². The lowest BCUT2D eigenvalue weighted by molar-refractivity contribution is -0.134. The summed E-state index contributed by atoms with van der Waals surface area (Å²) in [5, 5.41) is 1.10. The van der Waals surface area contributed by atoms with Crippen molar-refractivity contribution in [3.8, 4) is 0 Å². The van der Waals surface area contributed by atoms with Crippen LogP contribution >= 0.6 is 15.9 Å². The maximum Gasteiger partial charge on any atom is 0.226 e. The van der Waals surface area contributed by atoms with Crippen molar-refractivity contribution in [2.75, 3.05) is 18.4 Å². The predicted octanol–water partition coefficient (Wildman–Crippen LogP) is 3.06. The minimum atomic E-state index is 0.429. The van der Waals surface area contributed by atoms with Crippen LogP contribution in [0.15, 0.2) is 0 Å². The lowest BCUT2D eigenvalue weighted by atomic mass is 9.98. The van der Waals surface area contributed by atoms with Crippen LogP contribution in [0.1, 0.15) is 38.5 Å². The highest BCUT2D eigenvalue weighted by molar-refractivity contribution is 9.09. The molecule has 2 atom stereocenters. The summed E-state index contributed by atoms with van der Waals surface area (Å²) in [6.07, 6.45) is 7.74. The van der Waals surface area contributed by atoms with Gasteiger partial charge in [-0.3, -0.25) is 4.79 Å². The molecule has 96 valence electrons. The molecule has 0 bridgehead atoms. The molecule has 2 unspecified atom stereocenters. The van der Waals surface area contributed by atoms with Crippen LogP contribution in [0.5, 0.6) is 0 Å². The Morgan fingerprint density at radius 3 is 2.18 bits per heavy atom. The summed E-state index contributed by atoms with van der Waals surface area (Å²) in [6.45, 7) is 2.01. The minimum absolute atomic E-state index is 0.429. The summed E-state index contributed by atoms with van der Waals surface area (Å²) < 4.78 is 0. The minimum Gasteiger partial charge on any atom is -0.342 e. The van der Waals surface area contributed by atoms with Crippen LogP contribution in [-0.2, 0) is 4.79 Å². The summed E-state index contributed by atoms with van der Waals surface area (Å²) >= 11 is 3.56. The Bertz CT molecular complexity index is 287. The van der Waals surface area contributed by atoms with E-state index in [4.69, 9.17) is 0 Å². The van der Waals surface area contributed by atoms with Crippen molar-refractivity contribution in [3.63, 3.8) is 0 Å². The third kappa shape index (κ3) is 2.27. The molecule has 2 nitrogen and oxygen atoms in total. The number of amides is 1. The van der Waals surface area contributed by atoms with E-state index in [1.54, 1.807) is 0 Å². The molecular formula is C14H22BrNO. The molecule has 3 aliphatic rings. The van der Waals surface area contributed by atoms with Crippen molar-refractivity contribution in [3.05, 3.63) is 0 Å². The first-order valence-corrected chi connectivity index (χ1v) is 8.28. The van der Waals surface area contributed by atoms with Gasteiger partial charge >= 0.3 is 0 Å². The number of hydrogen-bond acceptors (Lipinski definition) is 1. The first-order valence-electron chi connectivity index (χ1n) is 7.16. The fraction of sp³-hybridized carbons (Fsp3) is 0.929. The van der Waals surface area contributed by atoms with Crippen molar-refractivity contribution in [1.82, 2.24) is 4.90 Å². The zero-order valence-electron chi connectivity index (χ0n) is 10.4. The molecule has 0 aromatic carbocycles. The van der Waals surface area contributed by atoms with Gasteiger partial charge in [-0.2, -0.15) is 0 Å². The molecule has 0 spiro atoms. The second-order valence-corrected chi connectivity index (χ2v) is 6.71. The summed E-state index contributed by atoms with van der Waals surface area (Å²) in [5.41, 5.74) is 0. The topological polar surface area (TPSA) is 20.3 Å². The van der Waals surface area contributed by atoms with Crippen LogP contribution in [0.2, 0.25) is 0 Å². The average molecular weight is 300 g/mol. The van der Waals surface area contributed by atoms with E-state index in [2.05, 4.69) is 20.8 Å². The van der Waals surface area contributed by atoms with Crippen molar-refractivity contribution in [1.29, 1.82) is 0 Å². The van der Waals surface area contributed by atoms with Crippen molar-refractivity contribution >= 4 is 21.8 Å². The number of fused-ring (bicyclic) bond motifs is 1. The number of nitrogens with zero attached hydrogens (tertiary/aromatic N) is 1. The molecular weight excluding hydrogens is 278 g/mol. The molecule has 17 heavy (non-hydrogen) atoms. The summed E-state index contributed by atoms with van der Waals surface area (Å²) in [6, 6.07) is 0. The van der Waals surface area contributed by atoms with Gasteiger partial charge in [-0.1, -0.05) is 28.8 Å². The van der Waals surface area contributed by atoms with Crippen LogP contribution in [0, 0.1) is 23.7 Å².